The van der Waals surface area contributed by atoms with Crippen molar-refractivity contribution in [1.82, 2.24) is 10.6 Å². The lowest BCUT2D eigenvalue weighted by molar-refractivity contribution is 0.0480. The van der Waals surface area contributed by atoms with Crippen molar-refractivity contribution in [2.24, 2.45) is 0 Å². The molecule has 2 atom stereocenters. The summed E-state index contributed by atoms with van der Waals surface area (Å²) in [7, 11) is 0. The molecule has 1 aliphatic rings. The molecule has 1 aliphatic carbocycles. The first-order valence-corrected chi connectivity index (χ1v) is 6.52. The predicted octanol–water partition coefficient (Wildman–Crippen LogP) is 1.94. The topological polar surface area (TPSA) is 74.2 Å². The summed E-state index contributed by atoms with van der Waals surface area (Å²) >= 11 is 0. The largest absolute Gasteiger partial charge is 0.444 e. The van der Waals surface area contributed by atoms with Gasteiger partial charge in [0.1, 0.15) is 5.60 Å². The van der Waals surface area contributed by atoms with E-state index in [4.69, 9.17) is 10.00 Å². The van der Waals surface area contributed by atoms with Crippen LogP contribution in [0.2, 0.25) is 0 Å². The Morgan fingerprint density at radius 1 is 1.33 bits per heavy atom. The van der Waals surface area contributed by atoms with Crippen molar-refractivity contribution in [3.8, 4) is 6.07 Å². The van der Waals surface area contributed by atoms with E-state index in [1.165, 1.54) is 0 Å². The van der Waals surface area contributed by atoms with Crippen molar-refractivity contribution in [2.45, 2.75) is 64.1 Å². The molecule has 0 heterocycles. The number of amides is 1. The first-order valence-electron chi connectivity index (χ1n) is 6.52. The van der Waals surface area contributed by atoms with Crippen molar-refractivity contribution in [3.05, 3.63) is 0 Å². The predicted molar refractivity (Wildman–Crippen MR) is 69.0 cm³/mol. The molecular weight excluding hydrogens is 230 g/mol. The molecule has 0 aromatic carbocycles. The van der Waals surface area contributed by atoms with Crippen LogP contribution in [0, 0.1) is 11.3 Å². The summed E-state index contributed by atoms with van der Waals surface area (Å²) in [4.78, 5) is 11.7. The molecule has 1 amide bonds. The number of alkyl carbamates (subject to hydrolysis) is 1. The van der Waals surface area contributed by atoms with E-state index in [0.717, 1.165) is 25.7 Å². The number of nitrogens with zero attached hydrogens (tertiary/aromatic N) is 1. The van der Waals surface area contributed by atoms with Gasteiger partial charge in [0, 0.05) is 12.1 Å². The minimum absolute atomic E-state index is 0.0574. The Morgan fingerprint density at radius 2 is 1.94 bits per heavy atom. The van der Waals surface area contributed by atoms with Crippen LogP contribution in [0.4, 0.5) is 4.79 Å². The van der Waals surface area contributed by atoms with Gasteiger partial charge in [-0.15, -0.1) is 0 Å². The molecule has 0 spiro atoms. The summed E-state index contributed by atoms with van der Waals surface area (Å²) in [5.74, 6) is 0. The number of nitrogens with one attached hydrogen (secondary N) is 2. The van der Waals surface area contributed by atoms with E-state index in [-0.39, 0.29) is 18.2 Å². The summed E-state index contributed by atoms with van der Waals surface area (Å²) in [5, 5.41) is 14.7. The van der Waals surface area contributed by atoms with Gasteiger partial charge in [-0.25, -0.2) is 4.79 Å². The van der Waals surface area contributed by atoms with Crippen LogP contribution in [0.25, 0.3) is 0 Å². The molecule has 0 radical (unpaired) electrons. The number of hydrogen-bond donors (Lipinski definition) is 2. The highest BCUT2D eigenvalue weighted by molar-refractivity contribution is 5.68. The Balaban J connectivity index is 2.46. The number of ether oxygens (including phenoxy) is 1. The Bertz CT molecular complexity index is 317. The lowest BCUT2D eigenvalue weighted by atomic mass is 9.90. The van der Waals surface area contributed by atoms with Gasteiger partial charge in [-0.1, -0.05) is 12.8 Å². The molecule has 1 rings (SSSR count). The number of carbonyl (C=O) groups excluding carboxylic acids is 1. The molecule has 2 N–H and O–H groups in total. The lowest BCUT2D eigenvalue weighted by Crippen LogP contribution is -2.52. The highest BCUT2D eigenvalue weighted by Crippen LogP contribution is 2.19. The van der Waals surface area contributed by atoms with Gasteiger partial charge in [-0.3, -0.25) is 5.32 Å². The van der Waals surface area contributed by atoms with Gasteiger partial charge >= 0.3 is 6.09 Å². The molecule has 18 heavy (non-hydrogen) atoms. The van der Waals surface area contributed by atoms with Crippen LogP contribution in [-0.4, -0.2) is 30.3 Å². The summed E-state index contributed by atoms with van der Waals surface area (Å²) in [6.07, 6.45) is 3.78. The highest BCUT2D eigenvalue weighted by atomic mass is 16.6. The zero-order valence-electron chi connectivity index (χ0n) is 11.5. The van der Waals surface area contributed by atoms with Gasteiger partial charge in [0.2, 0.25) is 0 Å². The maximum atomic E-state index is 11.7. The van der Waals surface area contributed by atoms with Crippen molar-refractivity contribution >= 4 is 6.09 Å². The zero-order valence-corrected chi connectivity index (χ0v) is 11.5. The first kappa shape index (κ1) is 14.8. The van der Waals surface area contributed by atoms with Crippen LogP contribution in [0.1, 0.15) is 46.5 Å². The average molecular weight is 253 g/mol. The minimum atomic E-state index is -0.478. The van der Waals surface area contributed by atoms with Gasteiger partial charge in [0.15, 0.2) is 0 Å². The second-order valence-corrected chi connectivity index (χ2v) is 5.68. The van der Waals surface area contributed by atoms with Crippen molar-refractivity contribution in [2.75, 3.05) is 6.54 Å². The molecule has 1 fully saturated rings. The van der Waals surface area contributed by atoms with Gasteiger partial charge < -0.3 is 10.1 Å². The second kappa shape index (κ2) is 6.60. The Kier molecular flexibility index (Phi) is 5.42. The fourth-order valence-electron chi connectivity index (χ4n) is 2.18. The van der Waals surface area contributed by atoms with Crippen LogP contribution in [0.5, 0.6) is 0 Å². The third-order valence-corrected chi connectivity index (χ3v) is 2.91. The van der Waals surface area contributed by atoms with E-state index >= 15 is 0 Å². The van der Waals surface area contributed by atoms with E-state index in [2.05, 4.69) is 16.7 Å². The number of rotatable bonds is 3. The molecule has 0 aromatic heterocycles. The summed E-state index contributed by atoms with van der Waals surface area (Å²) in [6.45, 7) is 5.85. The Hall–Kier alpha value is -1.28. The fraction of sp³-hybridized carbons (Fsp3) is 0.846. The highest BCUT2D eigenvalue weighted by Gasteiger charge is 2.27. The maximum Gasteiger partial charge on any atom is 0.407 e. The summed E-state index contributed by atoms with van der Waals surface area (Å²) in [5.41, 5.74) is -0.478. The molecule has 0 aromatic rings. The van der Waals surface area contributed by atoms with E-state index < -0.39 is 5.60 Å². The Labute approximate surface area is 109 Å². The van der Waals surface area contributed by atoms with E-state index in [0.29, 0.717) is 6.54 Å². The van der Waals surface area contributed by atoms with Crippen LogP contribution >= 0.6 is 0 Å². The van der Waals surface area contributed by atoms with Crippen molar-refractivity contribution in [1.29, 1.82) is 5.26 Å². The third-order valence-electron chi connectivity index (χ3n) is 2.91. The van der Waals surface area contributed by atoms with Crippen molar-refractivity contribution in [3.63, 3.8) is 0 Å². The fourth-order valence-corrected chi connectivity index (χ4v) is 2.18. The SMILES string of the molecule is CC(C)(C)OC(=O)N[C@@H]1CCCC[C@H]1NCC#N. The molecule has 0 saturated heterocycles. The maximum absolute atomic E-state index is 11.7. The van der Waals surface area contributed by atoms with Crippen LogP contribution < -0.4 is 10.6 Å². The normalized spacial score (nSPS) is 24.1. The number of carbonyl (C=O) groups is 1. The van der Waals surface area contributed by atoms with E-state index in [1.807, 2.05) is 20.8 Å². The average Bonchev–Trinajstić information content (AvgIpc) is 2.25. The number of hydrogen-bond acceptors (Lipinski definition) is 4. The van der Waals surface area contributed by atoms with Gasteiger partial charge in [-0.2, -0.15) is 5.26 Å². The molecule has 5 nitrogen and oxygen atoms in total. The van der Waals surface area contributed by atoms with Gasteiger partial charge in [-0.05, 0) is 33.6 Å². The van der Waals surface area contributed by atoms with Crippen molar-refractivity contribution < 1.29 is 9.53 Å². The molecule has 0 bridgehead atoms. The quantitative estimate of drug-likeness (QED) is 0.754. The Morgan fingerprint density at radius 3 is 2.50 bits per heavy atom. The van der Waals surface area contributed by atoms with Crippen LogP contribution in [-0.2, 0) is 4.74 Å². The van der Waals surface area contributed by atoms with Gasteiger partial charge in [0.05, 0.1) is 12.6 Å². The minimum Gasteiger partial charge on any atom is -0.444 e. The van der Waals surface area contributed by atoms with Gasteiger partial charge in [0.25, 0.3) is 0 Å². The molecule has 0 aliphatic heterocycles. The van der Waals surface area contributed by atoms with Crippen LogP contribution in [0.15, 0.2) is 0 Å². The zero-order chi connectivity index (χ0) is 13.6. The molecule has 102 valence electrons. The standard InChI is InChI=1S/C13H23N3O2/c1-13(2,3)18-12(17)16-11-7-5-4-6-10(11)15-9-8-14/h10-11,15H,4-7,9H2,1-3H3,(H,16,17)/t10-,11-/m1/s1. The molecular formula is C13H23N3O2. The molecule has 0 unspecified atom stereocenters. The molecule has 1 saturated carbocycles. The molecule has 5 heteroatoms. The lowest BCUT2D eigenvalue weighted by Gasteiger charge is -2.33. The smallest absolute Gasteiger partial charge is 0.407 e. The van der Waals surface area contributed by atoms with E-state index in [9.17, 15) is 4.79 Å². The monoisotopic (exact) mass is 253 g/mol. The van der Waals surface area contributed by atoms with Crippen LogP contribution in [0.3, 0.4) is 0 Å². The first-order chi connectivity index (χ1) is 8.42. The van der Waals surface area contributed by atoms with E-state index in [1.54, 1.807) is 0 Å². The third kappa shape index (κ3) is 5.37. The summed E-state index contributed by atoms with van der Waals surface area (Å²) in [6, 6.07) is 2.30. The summed E-state index contributed by atoms with van der Waals surface area (Å²) < 4.78 is 5.25. The second-order valence-electron chi connectivity index (χ2n) is 5.68. The number of nitriles is 1.